The minimum Gasteiger partial charge on any atom is -0.497 e. The zero-order valence-corrected chi connectivity index (χ0v) is 22.3. The summed E-state index contributed by atoms with van der Waals surface area (Å²) in [7, 11) is 3.29. The zero-order valence-electron chi connectivity index (χ0n) is 21.5. The molecule has 1 fully saturated rings. The van der Waals surface area contributed by atoms with E-state index in [1.807, 2.05) is 54.9 Å². The van der Waals surface area contributed by atoms with E-state index in [0.29, 0.717) is 5.92 Å². The summed E-state index contributed by atoms with van der Waals surface area (Å²) in [5, 5.41) is 11.7. The number of piperidine rings is 1. The van der Waals surface area contributed by atoms with Crippen molar-refractivity contribution < 1.29 is 19.5 Å². The molecule has 0 bridgehead atoms. The highest BCUT2D eigenvalue weighted by atomic mass is 32.2. The van der Waals surface area contributed by atoms with Crippen LogP contribution >= 0.6 is 11.8 Å². The lowest BCUT2D eigenvalue weighted by atomic mass is 9.79. The van der Waals surface area contributed by atoms with Crippen LogP contribution in [0.2, 0.25) is 0 Å². The Labute approximate surface area is 222 Å². The number of benzene rings is 1. The van der Waals surface area contributed by atoms with Crippen molar-refractivity contribution in [3.05, 3.63) is 60.4 Å². The van der Waals surface area contributed by atoms with Crippen molar-refractivity contribution in [2.45, 2.75) is 36.8 Å². The maximum Gasteiger partial charge on any atom is 0.303 e. The lowest BCUT2D eigenvalue weighted by molar-refractivity contribution is -0.139. The molecule has 3 aromatic rings. The van der Waals surface area contributed by atoms with Gasteiger partial charge in [0.1, 0.15) is 5.75 Å². The molecule has 4 rings (SSSR count). The maximum atomic E-state index is 11.7. The highest BCUT2D eigenvalue weighted by Crippen LogP contribution is 2.35. The van der Waals surface area contributed by atoms with E-state index in [1.54, 1.807) is 26.0 Å². The molecular weight excluding hydrogens is 488 g/mol. The molecule has 1 unspecified atom stereocenters. The van der Waals surface area contributed by atoms with Gasteiger partial charge in [0.2, 0.25) is 0 Å². The molecule has 0 radical (unpaired) electrons. The first kappa shape index (κ1) is 27.3. The number of nitrogens with one attached hydrogen (secondary N) is 1. The third-order valence-corrected chi connectivity index (χ3v) is 8.08. The molecular formula is C28H36N4O4S. The number of rotatable bonds is 13. The number of aromatic nitrogens is 2. The van der Waals surface area contributed by atoms with E-state index >= 15 is 0 Å². The Hall–Kier alpha value is -2.72. The Bertz CT molecular complexity index is 1150. The molecule has 9 heteroatoms. The van der Waals surface area contributed by atoms with Crippen molar-refractivity contribution in [2.24, 2.45) is 11.8 Å². The van der Waals surface area contributed by atoms with Gasteiger partial charge in [0.25, 0.3) is 0 Å². The van der Waals surface area contributed by atoms with E-state index in [4.69, 9.17) is 9.57 Å². The van der Waals surface area contributed by atoms with Crippen molar-refractivity contribution in [3.63, 3.8) is 0 Å². The van der Waals surface area contributed by atoms with Gasteiger partial charge in [-0.3, -0.25) is 9.78 Å². The van der Waals surface area contributed by atoms with Crippen molar-refractivity contribution in [1.82, 2.24) is 20.3 Å². The highest BCUT2D eigenvalue weighted by Gasteiger charge is 2.31. The number of hydroxylamine groups is 1. The Morgan fingerprint density at radius 1 is 1.19 bits per heavy atom. The molecule has 37 heavy (non-hydrogen) atoms. The van der Waals surface area contributed by atoms with Gasteiger partial charge in [-0.25, -0.2) is 4.98 Å². The number of methoxy groups -OCH3 is 1. The summed E-state index contributed by atoms with van der Waals surface area (Å²) >= 11 is 1.75. The van der Waals surface area contributed by atoms with Crippen LogP contribution in [0.5, 0.6) is 5.75 Å². The van der Waals surface area contributed by atoms with Gasteiger partial charge >= 0.3 is 5.97 Å². The molecule has 3 atom stereocenters. The van der Waals surface area contributed by atoms with Gasteiger partial charge in [0.15, 0.2) is 0 Å². The average Bonchev–Trinajstić information content (AvgIpc) is 2.91. The van der Waals surface area contributed by atoms with Gasteiger partial charge < -0.3 is 19.6 Å². The fraction of sp³-hybridized carbons (Fsp3) is 0.464. The van der Waals surface area contributed by atoms with Crippen LogP contribution < -0.4 is 10.2 Å². The van der Waals surface area contributed by atoms with Crippen LogP contribution in [0.4, 0.5) is 0 Å². The molecule has 0 saturated carbocycles. The summed E-state index contributed by atoms with van der Waals surface area (Å²) in [6, 6.07) is 13.8. The molecule has 1 aromatic carbocycles. The molecule has 1 aliphatic rings. The van der Waals surface area contributed by atoms with Crippen LogP contribution in [-0.2, 0) is 9.63 Å². The van der Waals surface area contributed by atoms with E-state index in [9.17, 15) is 9.90 Å². The van der Waals surface area contributed by atoms with Crippen LogP contribution in [0.15, 0.2) is 59.9 Å². The van der Waals surface area contributed by atoms with Gasteiger partial charge in [-0.05, 0) is 79.6 Å². The number of ether oxygens (including phenoxy) is 1. The number of thioether (sulfide) groups is 1. The van der Waals surface area contributed by atoms with E-state index in [2.05, 4.69) is 20.3 Å². The smallest absolute Gasteiger partial charge is 0.303 e. The first-order valence-electron chi connectivity index (χ1n) is 12.8. The largest absolute Gasteiger partial charge is 0.497 e. The first-order valence-corrected chi connectivity index (χ1v) is 13.7. The Kier molecular flexibility index (Phi) is 10.1. The number of pyridine rings is 2. The molecule has 1 saturated heterocycles. The van der Waals surface area contributed by atoms with Crippen LogP contribution in [0, 0.1) is 11.8 Å². The molecule has 198 valence electrons. The predicted molar refractivity (Wildman–Crippen MR) is 146 cm³/mol. The Morgan fingerprint density at radius 3 is 2.84 bits per heavy atom. The van der Waals surface area contributed by atoms with Crippen molar-refractivity contribution in [3.8, 4) is 5.75 Å². The molecule has 0 amide bonds. The summed E-state index contributed by atoms with van der Waals surface area (Å²) < 4.78 is 5.44. The molecule has 1 aliphatic heterocycles. The van der Waals surface area contributed by atoms with E-state index in [0.717, 1.165) is 71.9 Å². The van der Waals surface area contributed by atoms with E-state index in [-0.39, 0.29) is 18.4 Å². The molecule has 0 aliphatic carbocycles. The standard InChI is InChI=1S/C28H36N4O4S/c1-35-22-7-9-25-24(18-22)23(10-13-29-25)26(31-36-2)8-6-20-11-14-32(19-21(20)17-28(33)34)15-16-37-27-5-3-4-12-30-27/h3-5,7,9-10,12-13,18,20-21,26,31H,6,8,11,14-17,19H2,1-2H3,(H,33,34)/t20-,21+,26?/m1/s1. The second kappa shape index (κ2) is 13.7. The topological polar surface area (TPSA) is 96.8 Å². The van der Waals surface area contributed by atoms with Crippen molar-refractivity contribution >= 4 is 28.6 Å². The third-order valence-electron chi connectivity index (χ3n) is 7.15. The maximum absolute atomic E-state index is 11.7. The summed E-state index contributed by atoms with van der Waals surface area (Å²) in [6.07, 6.45) is 6.59. The number of nitrogens with zero attached hydrogens (tertiary/aromatic N) is 3. The summed E-state index contributed by atoms with van der Waals surface area (Å²) in [5.41, 5.74) is 5.18. The number of aliphatic carboxylic acids is 1. The number of likely N-dealkylation sites (tertiary alicyclic amines) is 1. The number of hydrogen-bond acceptors (Lipinski definition) is 8. The van der Waals surface area contributed by atoms with Gasteiger partial charge in [-0.1, -0.05) is 6.07 Å². The average molecular weight is 525 g/mol. The lowest BCUT2D eigenvalue weighted by Gasteiger charge is -2.38. The van der Waals surface area contributed by atoms with Gasteiger partial charge in [0.05, 0.1) is 30.8 Å². The fourth-order valence-electron chi connectivity index (χ4n) is 5.28. The van der Waals surface area contributed by atoms with Crippen LogP contribution in [0.3, 0.4) is 0 Å². The first-order chi connectivity index (χ1) is 18.1. The Balaban J connectivity index is 1.40. The summed E-state index contributed by atoms with van der Waals surface area (Å²) in [5.74, 6) is 1.48. The predicted octanol–water partition coefficient (Wildman–Crippen LogP) is 4.82. The second-order valence-electron chi connectivity index (χ2n) is 9.46. The van der Waals surface area contributed by atoms with Crippen LogP contribution in [0.1, 0.15) is 37.3 Å². The number of hydrogen-bond donors (Lipinski definition) is 2. The summed E-state index contributed by atoms with van der Waals surface area (Å²) in [4.78, 5) is 28.4. The third kappa shape index (κ3) is 7.64. The van der Waals surface area contributed by atoms with Gasteiger partial charge in [-0.2, -0.15) is 5.48 Å². The van der Waals surface area contributed by atoms with Crippen molar-refractivity contribution in [2.75, 3.05) is 39.6 Å². The summed E-state index contributed by atoms with van der Waals surface area (Å²) in [6.45, 7) is 2.74. The van der Waals surface area contributed by atoms with Crippen LogP contribution in [0.25, 0.3) is 10.9 Å². The number of carbonyl (C=O) groups is 1. The Morgan fingerprint density at radius 2 is 2.08 bits per heavy atom. The van der Waals surface area contributed by atoms with E-state index in [1.165, 1.54) is 0 Å². The minimum absolute atomic E-state index is 0.0408. The molecule has 8 nitrogen and oxygen atoms in total. The van der Waals surface area contributed by atoms with E-state index < -0.39 is 5.97 Å². The van der Waals surface area contributed by atoms with Gasteiger partial charge in [0, 0.05) is 43.0 Å². The fourth-order valence-corrected chi connectivity index (χ4v) is 6.15. The highest BCUT2D eigenvalue weighted by molar-refractivity contribution is 7.99. The van der Waals surface area contributed by atoms with Crippen LogP contribution in [-0.4, -0.2) is 65.6 Å². The monoisotopic (exact) mass is 524 g/mol. The molecule has 2 N–H and O–H groups in total. The molecule has 3 heterocycles. The molecule has 2 aromatic heterocycles. The zero-order chi connectivity index (χ0) is 26.0. The van der Waals surface area contributed by atoms with Crippen molar-refractivity contribution in [1.29, 1.82) is 0 Å². The quantitative estimate of drug-likeness (QED) is 0.241. The number of carboxylic acids is 1. The number of fused-ring (bicyclic) bond motifs is 1. The normalized spacial score (nSPS) is 19.1. The second-order valence-corrected chi connectivity index (χ2v) is 10.6. The SMILES string of the molecule is CONC(CC[C@@H]1CCN(CCSc2ccccn2)C[C@@H]1CC(=O)O)c1ccnc2ccc(OC)cc12. The van der Waals surface area contributed by atoms with Gasteiger partial charge in [-0.15, -0.1) is 11.8 Å². The lowest BCUT2D eigenvalue weighted by Crippen LogP contribution is -2.42. The minimum atomic E-state index is -0.724. The molecule has 0 spiro atoms. The number of carboxylic acid groups (broad SMARTS) is 1.